The van der Waals surface area contributed by atoms with E-state index in [0.29, 0.717) is 0 Å². The molecule has 1 atom stereocenters. The summed E-state index contributed by atoms with van der Waals surface area (Å²) in [6.45, 7) is 6.56. The minimum atomic E-state index is 0.149. The summed E-state index contributed by atoms with van der Waals surface area (Å²) in [7, 11) is 0. The number of benzene rings is 3. The third-order valence-electron chi connectivity index (χ3n) is 5.59. The maximum absolute atomic E-state index is 3.64. The summed E-state index contributed by atoms with van der Waals surface area (Å²) >= 11 is 0. The highest BCUT2D eigenvalue weighted by molar-refractivity contribution is 5.95. The molecule has 2 aliphatic heterocycles. The molecule has 128 valence electrons. The first-order valence-corrected chi connectivity index (χ1v) is 9.17. The Balaban J connectivity index is 1.76. The lowest BCUT2D eigenvalue weighted by molar-refractivity contribution is 0.666. The highest BCUT2D eigenvalue weighted by Gasteiger charge is 2.37. The molecule has 0 radical (unpaired) electrons. The van der Waals surface area contributed by atoms with Gasteiger partial charge in [0.25, 0.3) is 0 Å². The van der Waals surface area contributed by atoms with Crippen LogP contribution in [0.2, 0.25) is 0 Å². The predicted octanol–water partition coefficient (Wildman–Crippen LogP) is 5.70. The van der Waals surface area contributed by atoms with E-state index in [1.54, 1.807) is 0 Å². The van der Waals surface area contributed by atoms with E-state index in [9.17, 15) is 0 Å². The summed E-state index contributed by atoms with van der Waals surface area (Å²) in [6, 6.07) is 22.1. The predicted molar refractivity (Wildman–Crippen MR) is 109 cm³/mol. The van der Waals surface area contributed by atoms with Crippen LogP contribution in [-0.4, -0.2) is 0 Å². The average Bonchev–Trinajstić information content (AvgIpc) is 3.07. The van der Waals surface area contributed by atoms with Crippen molar-refractivity contribution in [1.29, 1.82) is 0 Å². The summed E-state index contributed by atoms with van der Waals surface area (Å²) in [5.74, 6) is 0. The van der Waals surface area contributed by atoms with Crippen LogP contribution in [0.3, 0.4) is 0 Å². The van der Waals surface area contributed by atoms with Gasteiger partial charge in [0.05, 0.1) is 11.4 Å². The highest BCUT2D eigenvalue weighted by Crippen LogP contribution is 2.49. The second-order valence-corrected chi connectivity index (χ2v) is 7.34. The van der Waals surface area contributed by atoms with Crippen LogP contribution in [0.4, 0.5) is 5.69 Å². The highest BCUT2D eigenvalue weighted by atomic mass is 15.3. The first kappa shape index (κ1) is 15.3. The zero-order chi connectivity index (χ0) is 17.8. The molecule has 0 fully saturated rings. The fourth-order valence-corrected chi connectivity index (χ4v) is 4.41. The molecule has 1 N–H and O–H groups in total. The van der Waals surface area contributed by atoms with E-state index in [-0.39, 0.29) is 6.17 Å². The summed E-state index contributed by atoms with van der Waals surface area (Å²) in [5.41, 5.74) is 11.8. The summed E-state index contributed by atoms with van der Waals surface area (Å²) in [6.07, 6.45) is 2.33. The molecule has 0 aliphatic carbocycles. The Bertz CT molecular complexity index is 1040. The van der Waals surface area contributed by atoms with Gasteiger partial charge in [0.15, 0.2) is 0 Å². The van der Waals surface area contributed by atoms with Crippen LogP contribution in [0.15, 0.2) is 66.9 Å². The molecule has 2 heterocycles. The van der Waals surface area contributed by atoms with Gasteiger partial charge in [-0.2, -0.15) is 0 Å². The maximum Gasteiger partial charge on any atom is 0.130 e. The van der Waals surface area contributed by atoms with Crippen molar-refractivity contribution in [3.63, 3.8) is 0 Å². The second-order valence-electron chi connectivity index (χ2n) is 7.34. The molecule has 2 aliphatic rings. The number of anilines is 1. The van der Waals surface area contributed by atoms with Gasteiger partial charge in [-0.1, -0.05) is 54.1 Å². The van der Waals surface area contributed by atoms with E-state index in [4.69, 9.17) is 0 Å². The van der Waals surface area contributed by atoms with Crippen LogP contribution in [0.5, 0.6) is 0 Å². The number of fused-ring (bicyclic) bond motifs is 6. The monoisotopic (exact) mass is 338 g/mol. The van der Waals surface area contributed by atoms with Gasteiger partial charge in [0, 0.05) is 22.9 Å². The fraction of sp³-hybridized carbons (Fsp3) is 0.167. The number of nitrogens with zero attached hydrogens (tertiary/aromatic N) is 1. The van der Waals surface area contributed by atoms with Crippen molar-refractivity contribution in [3.8, 4) is 11.1 Å². The molecule has 26 heavy (non-hydrogen) atoms. The van der Waals surface area contributed by atoms with Gasteiger partial charge in [0.2, 0.25) is 0 Å². The number of nitrogens with one attached hydrogen (secondary N) is 1. The zero-order valence-corrected chi connectivity index (χ0v) is 15.4. The van der Waals surface area contributed by atoms with Gasteiger partial charge in [-0.3, -0.25) is 0 Å². The van der Waals surface area contributed by atoms with Gasteiger partial charge in [-0.15, -0.1) is 0 Å². The van der Waals surface area contributed by atoms with Crippen LogP contribution in [0.25, 0.3) is 16.8 Å². The molecule has 0 amide bonds. The van der Waals surface area contributed by atoms with E-state index in [2.05, 4.69) is 97.9 Å². The SMILES string of the molecule is Cc1ccc2c(c1)-c1ccccc1C1NC=C(c3c(C)cccc3C)N21. The van der Waals surface area contributed by atoms with Crippen LogP contribution in [0.1, 0.15) is 34.0 Å². The minimum absolute atomic E-state index is 0.149. The Hall–Kier alpha value is -3.00. The molecule has 0 aromatic heterocycles. The molecule has 0 spiro atoms. The molecular formula is C24H22N2. The second kappa shape index (κ2) is 5.50. The molecule has 0 bridgehead atoms. The lowest BCUT2D eigenvalue weighted by atomic mass is 9.89. The van der Waals surface area contributed by atoms with Crippen molar-refractivity contribution in [2.75, 3.05) is 4.90 Å². The standard InChI is InChI=1S/C24H22N2/c1-15-11-12-21-20(13-15)18-9-4-5-10-19(18)24-25-14-22(26(21)24)23-16(2)7-6-8-17(23)3/h4-14,24-25H,1-3H3. The van der Waals surface area contributed by atoms with E-state index >= 15 is 0 Å². The quantitative estimate of drug-likeness (QED) is 0.612. The lowest BCUT2D eigenvalue weighted by Crippen LogP contribution is -2.32. The van der Waals surface area contributed by atoms with E-state index in [1.807, 2.05) is 0 Å². The Labute approximate surface area is 154 Å². The van der Waals surface area contributed by atoms with Crippen molar-refractivity contribution in [3.05, 3.63) is 94.7 Å². The molecule has 5 rings (SSSR count). The summed E-state index contributed by atoms with van der Waals surface area (Å²) < 4.78 is 0. The Morgan fingerprint density at radius 1 is 0.808 bits per heavy atom. The summed E-state index contributed by atoms with van der Waals surface area (Å²) in [5, 5.41) is 3.64. The molecule has 1 unspecified atom stereocenters. The first-order valence-electron chi connectivity index (χ1n) is 9.17. The van der Waals surface area contributed by atoms with Gasteiger partial charge in [-0.05, 0) is 49.6 Å². The smallest absolute Gasteiger partial charge is 0.130 e. The van der Waals surface area contributed by atoms with Gasteiger partial charge in [-0.25, -0.2) is 0 Å². The van der Waals surface area contributed by atoms with Crippen molar-refractivity contribution in [1.82, 2.24) is 5.32 Å². The minimum Gasteiger partial charge on any atom is -0.365 e. The molecule has 2 nitrogen and oxygen atoms in total. The number of rotatable bonds is 1. The van der Waals surface area contributed by atoms with Crippen LogP contribution in [-0.2, 0) is 0 Å². The molecule has 2 heteroatoms. The Morgan fingerprint density at radius 2 is 1.58 bits per heavy atom. The largest absolute Gasteiger partial charge is 0.365 e. The van der Waals surface area contributed by atoms with Crippen molar-refractivity contribution < 1.29 is 0 Å². The first-order chi connectivity index (χ1) is 12.6. The molecule has 0 saturated heterocycles. The number of hydrogen-bond acceptors (Lipinski definition) is 2. The zero-order valence-electron chi connectivity index (χ0n) is 15.4. The lowest BCUT2D eigenvalue weighted by Gasteiger charge is -2.37. The van der Waals surface area contributed by atoms with Crippen LogP contribution in [0, 0.1) is 20.8 Å². The number of hydrogen-bond donors (Lipinski definition) is 1. The van der Waals surface area contributed by atoms with E-state index in [1.165, 1.54) is 50.3 Å². The fourth-order valence-electron chi connectivity index (χ4n) is 4.41. The maximum atomic E-state index is 3.64. The molecule has 3 aromatic rings. The number of aryl methyl sites for hydroxylation is 3. The van der Waals surface area contributed by atoms with Crippen LogP contribution >= 0.6 is 0 Å². The molecular weight excluding hydrogens is 316 g/mol. The average molecular weight is 338 g/mol. The topological polar surface area (TPSA) is 15.3 Å². The van der Waals surface area contributed by atoms with Crippen molar-refractivity contribution in [2.24, 2.45) is 0 Å². The third-order valence-corrected chi connectivity index (χ3v) is 5.59. The van der Waals surface area contributed by atoms with E-state index < -0.39 is 0 Å². The van der Waals surface area contributed by atoms with Gasteiger partial charge < -0.3 is 10.2 Å². The van der Waals surface area contributed by atoms with Crippen LogP contribution < -0.4 is 10.2 Å². The van der Waals surface area contributed by atoms with Crippen molar-refractivity contribution >= 4 is 11.4 Å². The molecule has 0 saturated carbocycles. The molecule has 3 aromatic carbocycles. The van der Waals surface area contributed by atoms with Gasteiger partial charge >= 0.3 is 0 Å². The van der Waals surface area contributed by atoms with E-state index in [0.717, 1.165) is 0 Å². The normalized spacial score (nSPS) is 17.1. The Morgan fingerprint density at radius 3 is 2.38 bits per heavy atom. The summed E-state index contributed by atoms with van der Waals surface area (Å²) in [4.78, 5) is 2.46. The Kier molecular flexibility index (Phi) is 3.23. The third kappa shape index (κ3) is 2.05. The van der Waals surface area contributed by atoms with Crippen molar-refractivity contribution in [2.45, 2.75) is 26.9 Å². The van der Waals surface area contributed by atoms with Gasteiger partial charge in [0.1, 0.15) is 6.17 Å².